The van der Waals surface area contributed by atoms with E-state index in [0.717, 1.165) is 25.9 Å². The van der Waals surface area contributed by atoms with Gasteiger partial charge in [0.15, 0.2) is 0 Å². The van der Waals surface area contributed by atoms with Gasteiger partial charge in [-0.05, 0) is 23.1 Å². The maximum absolute atomic E-state index is 12.0. The number of carbonyl (C=O) groups excluding carboxylic acids is 1. The zero-order valence-corrected chi connectivity index (χ0v) is 12.1. The number of rotatable bonds is 4. The molecule has 1 heterocycles. The van der Waals surface area contributed by atoms with Gasteiger partial charge < -0.3 is 10.6 Å². The van der Waals surface area contributed by atoms with Gasteiger partial charge in [-0.3, -0.25) is 4.79 Å². The molecule has 104 valence electrons. The summed E-state index contributed by atoms with van der Waals surface area (Å²) < 4.78 is 0. The van der Waals surface area contributed by atoms with Crippen molar-refractivity contribution in [3.05, 3.63) is 34.9 Å². The first-order valence-corrected chi connectivity index (χ1v) is 7.19. The average molecular weight is 260 g/mol. The topological polar surface area (TPSA) is 46.3 Å². The molecular formula is C16H24N2O. The van der Waals surface area contributed by atoms with Gasteiger partial charge in [0.1, 0.15) is 0 Å². The van der Waals surface area contributed by atoms with Crippen LogP contribution >= 0.6 is 0 Å². The molecule has 1 aromatic carbocycles. The second-order valence-corrected chi connectivity index (χ2v) is 5.77. The van der Waals surface area contributed by atoms with Crippen LogP contribution < -0.4 is 5.73 Å². The molecule has 19 heavy (non-hydrogen) atoms. The van der Waals surface area contributed by atoms with E-state index in [4.69, 9.17) is 5.73 Å². The van der Waals surface area contributed by atoms with Gasteiger partial charge in [0, 0.05) is 25.0 Å². The summed E-state index contributed by atoms with van der Waals surface area (Å²) in [5.41, 5.74) is 9.88. The lowest BCUT2D eigenvalue weighted by atomic mass is 9.99. The first kappa shape index (κ1) is 14.1. The Morgan fingerprint density at radius 3 is 2.63 bits per heavy atom. The van der Waals surface area contributed by atoms with Crippen molar-refractivity contribution < 1.29 is 4.79 Å². The van der Waals surface area contributed by atoms with Crippen LogP contribution in [0.15, 0.2) is 18.2 Å². The van der Waals surface area contributed by atoms with Crippen LogP contribution in [-0.4, -0.2) is 10.8 Å². The van der Waals surface area contributed by atoms with Crippen molar-refractivity contribution in [2.45, 2.75) is 52.7 Å². The third kappa shape index (κ3) is 2.98. The Hall–Kier alpha value is -1.35. The standard InChI is InChI=1S/C16H24N2O/c1-4-5-15(17)12-6-7-13-9-18(10-14(13)8-12)16(19)11(2)3/h6-8,11,15H,4-5,9-10,17H2,1-3H3. The van der Waals surface area contributed by atoms with Crippen molar-refractivity contribution in [3.63, 3.8) is 0 Å². The molecule has 1 unspecified atom stereocenters. The fraction of sp³-hybridized carbons (Fsp3) is 0.562. The number of fused-ring (bicyclic) bond motifs is 1. The van der Waals surface area contributed by atoms with Crippen molar-refractivity contribution in [2.24, 2.45) is 11.7 Å². The molecule has 0 radical (unpaired) electrons. The Bertz CT molecular complexity index is 468. The maximum atomic E-state index is 12.0. The number of hydrogen-bond donors (Lipinski definition) is 1. The molecule has 3 heteroatoms. The largest absolute Gasteiger partial charge is 0.334 e. The quantitative estimate of drug-likeness (QED) is 0.904. The highest BCUT2D eigenvalue weighted by Crippen LogP contribution is 2.27. The Morgan fingerprint density at radius 2 is 2.00 bits per heavy atom. The van der Waals surface area contributed by atoms with E-state index in [2.05, 4.69) is 25.1 Å². The molecule has 0 aliphatic carbocycles. The van der Waals surface area contributed by atoms with E-state index in [1.54, 1.807) is 0 Å². The number of hydrogen-bond acceptors (Lipinski definition) is 2. The summed E-state index contributed by atoms with van der Waals surface area (Å²) in [7, 11) is 0. The zero-order valence-electron chi connectivity index (χ0n) is 12.1. The second-order valence-electron chi connectivity index (χ2n) is 5.77. The highest BCUT2D eigenvalue weighted by Gasteiger charge is 2.25. The summed E-state index contributed by atoms with van der Waals surface area (Å²) in [6, 6.07) is 6.55. The highest BCUT2D eigenvalue weighted by molar-refractivity contribution is 5.78. The van der Waals surface area contributed by atoms with Crippen LogP contribution in [0.4, 0.5) is 0 Å². The summed E-state index contributed by atoms with van der Waals surface area (Å²) in [5, 5.41) is 0. The van der Waals surface area contributed by atoms with Crippen LogP contribution in [-0.2, 0) is 17.9 Å². The molecule has 1 atom stereocenters. The molecule has 1 aliphatic rings. The van der Waals surface area contributed by atoms with Crippen molar-refractivity contribution in [2.75, 3.05) is 0 Å². The number of amides is 1. The Morgan fingerprint density at radius 1 is 1.32 bits per heavy atom. The van der Waals surface area contributed by atoms with Gasteiger partial charge in [0.05, 0.1) is 0 Å². The van der Waals surface area contributed by atoms with Crippen molar-refractivity contribution in [1.82, 2.24) is 4.90 Å². The van der Waals surface area contributed by atoms with Crippen LogP contribution in [0, 0.1) is 5.92 Å². The summed E-state index contributed by atoms with van der Waals surface area (Å²) in [5.74, 6) is 0.298. The van der Waals surface area contributed by atoms with E-state index in [-0.39, 0.29) is 17.9 Å². The molecule has 0 fully saturated rings. The number of benzene rings is 1. The predicted molar refractivity (Wildman–Crippen MR) is 77.4 cm³/mol. The molecule has 1 aromatic rings. The molecule has 1 amide bonds. The van der Waals surface area contributed by atoms with Gasteiger partial charge in [-0.15, -0.1) is 0 Å². The van der Waals surface area contributed by atoms with Gasteiger partial charge in [-0.1, -0.05) is 45.4 Å². The molecule has 2 N–H and O–H groups in total. The second kappa shape index (κ2) is 5.74. The van der Waals surface area contributed by atoms with Crippen LogP contribution in [0.3, 0.4) is 0 Å². The average Bonchev–Trinajstić information content (AvgIpc) is 2.80. The lowest BCUT2D eigenvalue weighted by molar-refractivity contribution is -0.135. The molecule has 1 aliphatic heterocycles. The predicted octanol–water partition coefficient (Wildman–Crippen LogP) is 2.98. The van der Waals surface area contributed by atoms with E-state index in [1.165, 1.54) is 16.7 Å². The first-order valence-electron chi connectivity index (χ1n) is 7.19. The smallest absolute Gasteiger partial charge is 0.225 e. The lowest BCUT2D eigenvalue weighted by Gasteiger charge is -2.17. The van der Waals surface area contributed by atoms with Gasteiger partial charge >= 0.3 is 0 Å². The van der Waals surface area contributed by atoms with Gasteiger partial charge in [-0.25, -0.2) is 0 Å². The van der Waals surface area contributed by atoms with Gasteiger partial charge in [-0.2, -0.15) is 0 Å². The first-order chi connectivity index (χ1) is 9.02. The summed E-state index contributed by atoms with van der Waals surface area (Å²) >= 11 is 0. The fourth-order valence-electron chi connectivity index (χ4n) is 2.64. The minimum Gasteiger partial charge on any atom is -0.334 e. The Kier molecular flexibility index (Phi) is 4.25. The van der Waals surface area contributed by atoms with E-state index in [1.807, 2.05) is 18.7 Å². The van der Waals surface area contributed by atoms with Crippen molar-refractivity contribution >= 4 is 5.91 Å². The third-order valence-corrected chi connectivity index (χ3v) is 3.79. The summed E-state index contributed by atoms with van der Waals surface area (Å²) in [6.45, 7) is 7.53. The SMILES string of the molecule is CCCC(N)c1ccc2c(c1)CN(C(=O)C(C)C)C2. The number of carbonyl (C=O) groups is 1. The monoisotopic (exact) mass is 260 g/mol. The van der Waals surface area contributed by atoms with Crippen molar-refractivity contribution in [1.29, 1.82) is 0 Å². The minimum atomic E-state index is 0.0659. The zero-order chi connectivity index (χ0) is 14.0. The molecular weight excluding hydrogens is 236 g/mol. The molecule has 0 spiro atoms. The lowest BCUT2D eigenvalue weighted by Crippen LogP contribution is -2.29. The van der Waals surface area contributed by atoms with Crippen LogP contribution in [0.5, 0.6) is 0 Å². The molecule has 3 nitrogen and oxygen atoms in total. The number of nitrogens with two attached hydrogens (primary N) is 1. The van der Waals surface area contributed by atoms with Crippen LogP contribution in [0.1, 0.15) is 56.3 Å². The molecule has 0 saturated heterocycles. The van der Waals surface area contributed by atoms with E-state index < -0.39 is 0 Å². The van der Waals surface area contributed by atoms with E-state index in [0.29, 0.717) is 0 Å². The normalized spacial score (nSPS) is 15.7. The Balaban J connectivity index is 2.14. The van der Waals surface area contributed by atoms with Gasteiger partial charge in [0.2, 0.25) is 5.91 Å². The minimum absolute atomic E-state index is 0.0659. The maximum Gasteiger partial charge on any atom is 0.225 e. The van der Waals surface area contributed by atoms with Crippen LogP contribution in [0.25, 0.3) is 0 Å². The van der Waals surface area contributed by atoms with E-state index >= 15 is 0 Å². The molecule has 0 aromatic heterocycles. The Labute approximate surface area is 115 Å². The number of nitrogens with zero attached hydrogens (tertiary/aromatic N) is 1. The van der Waals surface area contributed by atoms with Crippen molar-refractivity contribution in [3.8, 4) is 0 Å². The van der Waals surface area contributed by atoms with Crippen LogP contribution in [0.2, 0.25) is 0 Å². The third-order valence-electron chi connectivity index (χ3n) is 3.79. The molecule has 0 bridgehead atoms. The molecule has 0 saturated carbocycles. The van der Waals surface area contributed by atoms with E-state index in [9.17, 15) is 4.79 Å². The highest BCUT2D eigenvalue weighted by atomic mass is 16.2. The van der Waals surface area contributed by atoms with Gasteiger partial charge in [0.25, 0.3) is 0 Å². The summed E-state index contributed by atoms with van der Waals surface area (Å²) in [4.78, 5) is 14.0. The fourth-order valence-corrected chi connectivity index (χ4v) is 2.64. The molecule has 2 rings (SSSR count). The summed E-state index contributed by atoms with van der Waals surface area (Å²) in [6.07, 6.45) is 2.10.